The molecule has 0 aromatic rings. The number of halogens is 1. The molecule has 24 heavy (non-hydrogen) atoms. The van der Waals surface area contributed by atoms with Gasteiger partial charge >= 0.3 is 0 Å². The molecule has 0 saturated carbocycles. The average molecular weight is 476 g/mol. The average Bonchev–Trinajstić information content (AvgIpc) is 2.57. The quantitative estimate of drug-likeness (QED) is 0.227. The zero-order valence-electron chi connectivity index (χ0n) is 15.1. The van der Waals surface area contributed by atoms with E-state index in [-0.39, 0.29) is 29.7 Å². The summed E-state index contributed by atoms with van der Waals surface area (Å²) < 4.78 is 30.6. The van der Waals surface area contributed by atoms with Crippen LogP contribution >= 0.6 is 24.0 Å². The Morgan fingerprint density at radius 2 is 1.96 bits per heavy atom. The molecule has 1 heterocycles. The molecule has 0 aromatic carbocycles. The van der Waals surface area contributed by atoms with Crippen LogP contribution in [0, 0.1) is 5.92 Å². The molecule has 0 radical (unpaired) electrons. The summed E-state index contributed by atoms with van der Waals surface area (Å²) in [6.07, 6.45) is 4.18. The third-order valence-electron chi connectivity index (χ3n) is 4.13. The highest BCUT2D eigenvalue weighted by atomic mass is 127. The second-order valence-electron chi connectivity index (χ2n) is 5.89. The Bertz CT molecular complexity index is 454. The minimum Gasteiger partial charge on any atom is -0.381 e. The zero-order chi connectivity index (χ0) is 17.1. The second-order valence-corrected chi connectivity index (χ2v) is 7.99. The fraction of sp³-hybridized carbons (Fsp3) is 0.933. The molecule has 0 bridgehead atoms. The lowest BCUT2D eigenvalue weighted by Gasteiger charge is -2.26. The summed E-state index contributed by atoms with van der Waals surface area (Å²) in [6, 6.07) is 0. The third kappa shape index (κ3) is 10.00. The Morgan fingerprint density at radius 3 is 2.54 bits per heavy atom. The SMILES string of the molecule is CCS(=O)(=O)NCCCNC(=NC)N(C)CCC1CCOCC1.I. The van der Waals surface area contributed by atoms with Crippen LogP contribution < -0.4 is 10.0 Å². The number of nitrogens with zero attached hydrogens (tertiary/aromatic N) is 2. The van der Waals surface area contributed by atoms with Gasteiger partial charge in [-0.05, 0) is 38.5 Å². The maximum absolute atomic E-state index is 11.3. The molecule has 0 spiro atoms. The van der Waals surface area contributed by atoms with Gasteiger partial charge in [0.15, 0.2) is 5.96 Å². The molecule has 9 heteroatoms. The van der Waals surface area contributed by atoms with Gasteiger partial charge in [-0.1, -0.05) is 0 Å². The van der Waals surface area contributed by atoms with Crippen molar-refractivity contribution >= 4 is 40.0 Å². The lowest BCUT2D eigenvalue weighted by molar-refractivity contribution is 0.0625. The molecule has 1 aliphatic rings. The first-order valence-corrected chi connectivity index (χ1v) is 10.1. The van der Waals surface area contributed by atoms with Crippen molar-refractivity contribution in [3.05, 3.63) is 0 Å². The van der Waals surface area contributed by atoms with E-state index in [1.807, 2.05) is 7.05 Å². The van der Waals surface area contributed by atoms with Gasteiger partial charge in [-0.25, -0.2) is 13.1 Å². The first-order valence-electron chi connectivity index (χ1n) is 8.45. The number of hydrogen-bond acceptors (Lipinski definition) is 4. The van der Waals surface area contributed by atoms with E-state index >= 15 is 0 Å². The van der Waals surface area contributed by atoms with Crippen LogP contribution in [-0.4, -0.2) is 72.0 Å². The molecule has 1 saturated heterocycles. The topological polar surface area (TPSA) is 83.0 Å². The normalized spacial score (nSPS) is 16.5. The highest BCUT2D eigenvalue weighted by molar-refractivity contribution is 14.0. The molecular weight excluding hydrogens is 443 g/mol. The maximum atomic E-state index is 11.3. The van der Waals surface area contributed by atoms with Gasteiger partial charge in [0, 0.05) is 46.9 Å². The van der Waals surface area contributed by atoms with E-state index in [4.69, 9.17) is 4.74 Å². The summed E-state index contributed by atoms with van der Waals surface area (Å²) in [7, 11) is 0.715. The van der Waals surface area contributed by atoms with Crippen molar-refractivity contribution in [3.63, 3.8) is 0 Å². The van der Waals surface area contributed by atoms with E-state index in [0.717, 1.165) is 57.3 Å². The van der Waals surface area contributed by atoms with E-state index < -0.39 is 10.0 Å². The molecule has 1 rings (SSSR count). The van der Waals surface area contributed by atoms with Gasteiger partial charge < -0.3 is 15.0 Å². The minimum absolute atomic E-state index is 0. The fourth-order valence-corrected chi connectivity index (χ4v) is 3.18. The molecule has 1 fully saturated rings. The predicted octanol–water partition coefficient (Wildman–Crippen LogP) is 1.26. The van der Waals surface area contributed by atoms with Gasteiger partial charge in [0.1, 0.15) is 0 Å². The standard InChI is InChI=1S/C15H32N4O3S.HI/c1-4-23(20,21)18-10-5-9-17-15(16-2)19(3)11-6-14-7-12-22-13-8-14;/h14,18H,4-13H2,1-3H3,(H,16,17);1H. The van der Waals surface area contributed by atoms with Gasteiger partial charge in [0.05, 0.1) is 5.75 Å². The van der Waals surface area contributed by atoms with Crippen LogP contribution in [0.1, 0.15) is 32.6 Å². The van der Waals surface area contributed by atoms with Crippen molar-refractivity contribution < 1.29 is 13.2 Å². The molecule has 0 amide bonds. The van der Waals surface area contributed by atoms with Gasteiger partial charge in [-0.2, -0.15) is 0 Å². The lowest BCUT2D eigenvalue weighted by Crippen LogP contribution is -2.41. The third-order valence-corrected chi connectivity index (χ3v) is 5.53. The van der Waals surface area contributed by atoms with Gasteiger partial charge in [0.25, 0.3) is 0 Å². The van der Waals surface area contributed by atoms with E-state index in [2.05, 4.69) is 19.9 Å². The van der Waals surface area contributed by atoms with Crippen molar-refractivity contribution in [1.29, 1.82) is 0 Å². The van der Waals surface area contributed by atoms with Gasteiger partial charge in [-0.3, -0.25) is 4.99 Å². The van der Waals surface area contributed by atoms with Crippen LogP contribution in [-0.2, 0) is 14.8 Å². The number of ether oxygens (including phenoxy) is 1. The Labute approximate surface area is 164 Å². The van der Waals surface area contributed by atoms with E-state index in [1.165, 1.54) is 0 Å². The summed E-state index contributed by atoms with van der Waals surface area (Å²) >= 11 is 0. The number of nitrogens with one attached hydrogen (secondary N) is 2. The monoisotopic (exact) mass is 476 g/mol. The van der Waals surface area contributed by atoms with Crippen LogP contribution in [0.25, 0.3) is 0 Å². The number of hydrogen-bond donors (Lipinski definition) is 2. The largest absolute Gasteiger partial charge is 0.381 e. The summed E-state index contributed by atoms with van der Waals surface area (Å²) in [5.41, 5.74) is 0. The Hall–Kier alpha value is -0.130. The Balaban J connectivity index is 0.00000529. The molecule has 0 aromatic heterocycles. The maximum Gasteiger partial charge on any atom is 0.211 e. The molecule has 2 N–H and O–H groups in total. The smallest absolute Gasteiger partial charge is 0.211 e. The van der Waals surface area contributed by atoms with Crippen LogP contribution in [0.5, 0.6) is 0 Å². The van der Waals surface area contributed by atoms with Crippen LogP contribution in [0.15, 0.2) is 4.99 Å². The van der Waals surface area contributed by atoms with Gasteiger partial charge in [-0.15, -0.1) is 24.0 Å². The fourth-order valence-electron chi connectivity index (χ4n) is 2.52. The van der Waals surface area contributed by atoms with Crippen LogP contribution in [0.2, 0.25) is 0 Å². The van der Waals surface area contributed by atoms with Crippen molar-refractivity contribution in [2.75, 3.05) is 52.7 Å². The molecular formula is C15H33IN4O3S. The number of guanidine groups is 1. The molecule has 1 aliphatic heterocycles. The first kappa shape index (κ1) is 23.9. The van der Waals surface area contributed by atoms with Gasteiger partial charge in [0.2, 0.25) is 10.0 Å². The predicted molar refractivity (Wildman–Crippen MR) is 110 cm³/mol. The van der Waals surface area contributed by atoms with Crippen molar-refractivity contribution in [2.45, 2.75) is 32.6 Å². The summed E-state index contributed by atoms with van der Waals surface area (Å²) in [6.45, 7) is 5.51. The highest BCUT2D eigenvalue weighted by Gasteiger charge is 2.15. The molecule has 0 unspecified atom stereocenters. The number of aliphatic imine (C=N–C) groups is 1. The highest BCUT2D eigenvalue weighted by Crippen LogP contribution is 2.18. The number of sulfonamides is 1. The molecule has 0 aliphatic carbocycles. The lowest BCUT2D eigenvalue weighted by atomic mass is 9.96. The van der Waals surface area contributed by atoms with E-state index in [1.54, 1.807) is 14.0 Å². The summed E-state index contributed by atoms with van der Waals surface area (Å²) in [5.74, 6) is 1.72. The van der Waals surface area contributed by atoms with E-state index in [9.17, 15) is 8.42 Å². The summed E-state index contributed by atoms with van der Waals surface area (Å²) in [5, 5.41) is 3.28. The van der Waals surface area contributed by atoms with Crippen molar-refractivity contribution in [2.24, 2.45) is 10.9 Å². The molecule has 7 nitrogen and oxygen atoms in total. The van der Waals surface area contributed by atoms with Crippen molar-refractivity contribution in [1.82, 2.24) is 14.9 Å². The zero-order valence-corrected chi connectivity index (χ0v) is 18.2. The Morgan fingerprint density at radius 1 is 1.29 bits per heavy atom. The van der Waals surface area contributed by atoms with Crippen molar-refractivity contribution in [3.8, 4) is 0 Å². The number of rotatable bonds is 9. The minimum atomic E-state index is -3.09. The van der Waals surface area contributed by atoms with Crippen LogP contribution in [0.3, 0.4) is 0 Å². The summed E-state index contributed by atoms with van der Waals surface area (Å²) in [4.78, 5) is 6.41. The second kappa shape index (κ2) is 13.1. The first-order chi connectivity index (χ1) is 11.0. The molecule has 0 atom stereocenters. The Kier molecular flexibility index (Phi) is 13.1. The van der Waals surface area contributed by atoms with E-state index in [0.29, 0.717) is 13.1 Å². The van der Waals surface area contributed by atoms with Crippen LogP contribution in [0.4, 0.5) is 0 Å². The molecule has 144 valence electrons.